The number of aliphatic imine (C=N–C) groups is 1. The highest BCUT2D eigenvalue weighted by Gasteiger charge is 2.18. The quantitative estimate of drug-likeness (QED) is 0.836. The molecule has 0 spiro atoms. The van der Waals surface area contributed by atoms with E-state index in [0.29, 0.717) is 0 Å². The molecule has 1 atom stereocenters. The smallest absolute Gasteiger partial charge is 0.319 e. The molecule has 0 fully saturated rings. The third-order valence-corrected chi connectivity index (χ3v) is 3.59. The number of hydrogen-bond donors (Lipinski definition) is 2. The van der Waals surface area contributed by atoms with Gasteiger partial charge in [-0.1, -0.05) is 35.4 Å². The summed E-state index contributed by atoms with van der Waals surface area (Å²) in [6.07, 6.45) is 6.53. The molecule has 2 N–H and O–H groups in total. The van der Waals surface area contributed by atoms with Crippen molar-refractivity contribution in [1.29, 1.82) is 0 Å². The van der Waals surface area contributed by atoms with Crippen LogP contribution in [0.25, 0.3) is 0 Å². The van der Waals surface area contributed by atoms with Crippen LogP contribution >= 0.6 is 15.9 Å². The first-order valence-electron chi connectivity index (χ1n) is 6.73. The maximum Gasteiger partial charge on any atom is 0.319 e. The minimum Gasteiger partial charge on any atom is -0.330 e. The fraction of sp³-hybridized carbons (Fsp3) is 0.333. The molecule has 0 aliphatic carbocycles. The molecule has 1 heterocycles. The zero-order valence-corrected chi connectivity index (χ0v) is 13.0. The number of urea groups is 1. The van der Waals surface area contributed by atoms with E-state index in [9.17, 15) is 4.79 Å². The molecule has 0 bridgehead atoms. The van der Waals surface area contributed by atoms with Crippen molar-refractivity contribution in [2.45, 2.75) is 32.2 Å². The number of nitrogens with one attached hydrogen (secondary N) is 2. The molecule has 1 aliphatic heterocycles. The van der Waals surface area contributed by atoms with E-state index in [1.54, 1.807) is 6.20 Å². The number of carbonyl (C=O) groups excluding carboxylic acids is 1. The highest BCUT2D eigenvalue weighted by atomic mass is 79.9. The number of anilines is 1. The van der Waals surface area contributed by atoms with E-state index < -0.39 is 0 Å². The molecule has 0 aromatic heterocycles. The van der Waals surface area contributed by atoms with Gasteiger partial charge < -0.3 is 10.6 Å². The van der Waals surface area contributed by atoms with Crippen LogP contribution in [0.4, 0.5) is 10.5 Å². The zero-order valence-electron chi connectivity index (χ0n) is 11.4. The van der Waals surface area contributed by atoms with E-state index in [1.807, 2.05) is 30.3 Å². The third-order valence-electron chi connectivity index (χ3n) is 3.06. The van der Waals surface area contributed by atoms with Gasteiger partial charge in [0.25, 0.3) is 0 Å². The van der Waals surface area contributed by atoms with E-state index >= 15 is 0 Å². The molecule has 1 aromatic rings. The molecule has 0 saturated carbocycles. The van der Waals surface area contributed by atoms with Gasteiger partial charge in [-0.2, -0.15) is 0 Å². The summed E-state index contributed by atoms with van der Waals surface area (Å²) in [4.78, 5) is 16.3. The lowest BCUT2D eigenvalue weighted by molar-refractivity contribution is 0.250. The van der Waals surface area contributed by atoms with Gasteiger partial charge in [0.1, 0.15) is 0 Å². The number of allylic oxidation sites excluding steroid dienone is 1. The van der Waals surface area contributed by atoms with Crippen LogP contribution in [0.1, 0.15) is 26.2 Å². The number of carbonyl (C=O) groups is 1. The minimum absolute atomic E-state index is 0.00504. The molecule has 0 unspecified atom stereocenters. The van der Waals surface area contributed by atoms with Crippen molar-refractivity contribution in [3.8, 4) is 0 Å². The Morgan fingerprint density at radius 3 is 2.75 bits per heavy atom. The third kappa shape index (κ3) is 4.20. The summed E-state index contributed by atoms with van der Waals surface area (Å²) in [6.45, 7) is 2.10. The van der Waals surface area contributed by atoms with E-state index in [4.69, 9.17) is 0 Å². The summed E-state index contributed by atoms with van der Waals surface area (Å²) in [5, 5.41) is 5.83. The summed E-state index contributed by atoms with van der Waals surface area (Å²) >= 11 is 3.37. The molecule has 4 nitrogen and oxygen atoms in total. The molecule has 2 rings (SSSR count). The fourth-order valence-corrected chi connectivity index (χ4v) is 2.34. The van der Waals surface area contributed by atoms with Crippen LogP contribution in [0.3, 0.4) is 0 Å². The summed E-state index contributed by atoms with van der Waals surface area (Å²) in [5.41, 5.74) is 1.80. The van der Waals surface area contributed by atoms with Crippen LogP contribution in [-0.4, -0.2) is 17.8 Å². The van der Waals surface area contributed by atoms with Gasteiger partial charge in [-0.05, 0) is 30.7 Å². The van der Waals surface area contributed by atoms with Crippen molar-refractivity contribution in [2.75, 3.05) is 5.32 Å². The maximum atomic E-state index is 12.0. The lowest BCUT2D eigenvalue weighted by Gasteiger charge is -2.18. The van der Waals surface area contributed by atoms with Crippen LogP contribution < -0.4 is 10.6 Å². The summed E-state index contributed by atoms with van der Waals surface area (Å²) in [6, 6.07) is 7.31. The number of benzene rings is 1. The molecule has 0 saturated heterocycles. The normalized spacial score (nSPS) is 14.8. The van der Waals surface area contributed by atoms with Gasteiger partial charge in [-0.15, -0.1) is 0 Å². The first-order valence-corrected chi connectivity index (χ1v) is 7.53. The minimum atomic E-state index is -0.194. The first kappa shape index (κ1) is 14.8. The zero-order chi connectivity index (χ0) is 14.4. The number of rotatable bonds is 5. The molecular formula is C15H18BrN3O. The lowest BCUT2D eigenvalue weighted by Crippen LogP contribution is -2.42. The number of hydrogen-bond acceptors (Lipinski definition) is 2. The van der Waals surface area contributed by atoms with Crippen molar-refractivity contribution in [3.05, 3.63) is 41.0 Å². The molecule has 5 heteroatoms. The van der Waals surface area contributed by atoms with Crippen LogP contribution in [0.15, 0.2) is 46.0 Å². The molecular weight excluding hydrogens is 318 g/mol. The Balaban J connectivity index is 1.92. The second kappa shape index (κ2) is 7.24. The number of nitrogens with zero attached hydrogens (tertiary/aromatic N) is 1. The predicted molar refractivity (Wildman–Crippen MR) is 86.2 cm³/mol. The van der Waals surface area contributed by atoms with Gasteiger partial charge in [0.2, 0.25) is 0 Å². The Labute approximate surface area is 127 Å². The second-order valence-electron chi connectivity index (χ2n) is 4.66. The Hall–Kier alpha value is -1.62. The van der Waals surface area contributed by atoms with Crippen LogP contribution in [0.2, 0.25) is 0 Å². The largest absolute Gasteiger partial charge is 0.330 e. The van der Waals surface area contributed by atoms with Gasteiger partial charge in [-0.3, -0.25) is 4.99 Å². The number of halogens is 1. The Morgan fingerprint density at radius 2 is 2.15 bits per heavy atom. The molecule has 2 amide bonds. The summed E-state index contributed by atoms with van der Waals surface area (Å²) in [5.74, 6) is 0. The first-order chi connectivity index (χ1) is 9.69. The molecule has 1 aromatic carbocycles. The van der Waals surface area contributed by atoms with Gasteiger partial charge in [-0.25, -0.2) is 4.79 Å². The SMILES string of the molecule is CCC[C@H](NC(=O)Nc1ccc(Br)cc1)C1=NC=CC1. The van der Waals surface area contributed by atoms with Crippen LogP contribution in [-0.2, 0) is 0 Å². The van der Waals surface area contributed by atoms with Crippen molar-refractivity contribution < 1.29 is 4.79 Å². The van der Waals surface area contributed by atoms with Crippen LogP contribution in [0.5, 0.6) is 0 Å². The van der Waals surface area contributed by atoms with Gasteiger partial charge in [0, 0.05) is 28.5 Å². The van der Waals surface area contributed by atoms with Gasteiger partial charge in [0.15, 0.2) is 0 Å². The van der Waals surface area contributed by atoms with E-state index in [1.165, 1.54) is 0 Å². The monoisotopic (exact) mass is 335 g/mol. The van der Waals surface area contributed by atoms with E-state index in [-0.39, 0.29) is 12.1 Å². The van der Waals surface area contributed by atoms with E-state index in [0.717, 1.165) is 35.1 Å². The predicted octanol–water partition coefficient (Wildman–Crippen LogP) is 4.10. The highest BCUT2D eigenvalue weighted by molar-refractivity contribution is 9.10. The summed E-state index contributed by atoms with van der Waals surface area (Å²) < 4.78 is 0.985. The molecule has 106 valence electrons. The Kier molecular flexibility index (Phi) is 5.35. The highest BCUT2D eigenvalue weighted by Crippen LogP contribution is 2.14. The van der Waals surface area contributed by atoms with Gasteiger partial charge >= 0.3 is 6.03 Å². The van der Waals surface area contributed by atoms with Crippen molar-refractivity contribution in [1.82, 2.24) is 5.32 Å². The standard InChI is InChI=1S/C15H18BrN3O/c1-2-4-14(13-5-3-10-17-13)19-15(20)18-12-8-6-11(16)7-9-12/h3,6-10,14H,2,4-5H2,1H3,(H2,18,19,20)/t14-/m0/s1. The van der Waals surface area contributed by atoms with Gasteiger partial charge in [0.05, 0.1) is 6.04 Å². The average molecular weight is 336 g/mol. The van der Waals surface area contributed by atoms with Crippen molar-refractivity contribution in [2.24, 2.45) is 4.99 Å². The molecule has 1 aliphatic rings. The summed E-state index contributed by atoms with van der Waals surface area (Å²) in [7, 11) is 0. The van der Waals surface area contributed by atoms with Crippen molar-refractivity contribution >= 4 is 33.4 Å². The number of amides is 2. The Bertz CT molecular complexity index is 522. The Morgan fingerprint density at radius 1 is 1.40 bits per heavy atom. The molecule has 0 radical (unpaired) electrons. The fourth-order valence-electron chi connectivity index (χ4n) is 2.08. The molecule has 20 heavy (non-hydrogen) atoms. The van der Waals surface area contributed by atoms with Crippen molar-refractivity contribution in [3.63, 3.8) is 0 Å². The van der Waals surface area contributed by atoms with Crippen LogP contribution in [0, 0.1) is 0 Å². The second-order valence-corrected chi connectivity index (χ2v) is 5.57. The topological polar surface area (TPSA) is 53.5 Å². The maximum absolute atomic E-state index is 12.0. The lowest BCUT2D eigenvalue weighted by atomic mass is 10.1. The average Bonchev–Trinajstić information content (AvgIpc) is 2.95. The van der Waals surface area contributed by atoms with E-state index in [2.05, 4.69) is 38.5 Å².